The van der Waals surface area contributed by atoms with Gasteiger partial charge in [0.25, 0.3) is 0 Å². The van der Waals surface area contributed by atoms with E-state index < -0.39 is 56.1 Å². The second-order valence-corrected chi connectivity index (χ2v) is 9.05. The number of hydrogen-bond acceptors (Lipinski definition) is 5. The van der Waals surface area contributed by atoms with Crippen LogP contribution >= 0.6 is 11.6 Å². The molecule has 0 spiro atoms. The zero-order valence-corrected chi connectivity index (χ0v) is 18.0. The Labute approximate surface area is 186 Å². The van der Waals surface area contributed by atoms with Gasteiger partial charge in [0.05, 0.1) is 33.9 Å². The molecule has 12 heteroatoms. The van der Waals surface area contributed by atoms with Crippen LogP contribution in [0.3, 0.4) is 0 Å². The van der Waals surface area contributed by atoms with Crippen molar-refractivity contribution in [1.82, 2.24) is 10.6 Å². The third kappa shape index (κ3) is 4.89. The first-order valence-electron chi connectivity index (χ1n) is 9.14. The Morgan fingerprint density at radius 3 is 2.41 bits per heavy atom. The number of benzene rings is 2. The SMILES string of the molecule is CCOC(=O)C1=C(CS(=O)(=O)c2ccc(F)c(Cl)c2)NC(=O)N[C@H]1c1ccc(F)c(F)c1. The molecular formula is C20H16ClF3N2O5S. The fraction of sp³-hybridized carbons (Fsp3) is 0.200. The lowest BCUT2D eigenvalue weighted by Crippen LogP contribution is -2.47. The Balaban J connectivity index is 2.12. The summed E-state index contributed by atoms with van der Waals surface area (Å²) < 4.78 is 71.4. The number of rotatable bonds is 6. The highest BCUT2D eigenvalue weighted by atomic mass is 35.5. The molecule has 170 valence electrons. The van der Waals surface area contributed by atoms with Crippen LogP contribution in [0.25, 0.3) is 0 Å². The fourth-order valence-corrected chi connectivity index (χ4v) is 4.66. The molecule has 1 aliphatic rings. The Morgan fingerprint density at radius 1 is 1.09 bits per heavy atom. The van der Waals surface area contributed by atoms with Gasteiger partial charge in [0.2, 0.25) is 0 Å². The van der Waals surface area contributed by atoms with E-state index >= 15 is 0 Å². The zero-order valence-electron chi connectivity index (χ0n) is 16.4. The van der Waals surface area contributed by atoms with Crippen LogP contribution in [0.2, 0.25) is 5.02 Å². The van der Waals surface area contributed by atoms with Crippen molar-refractivity contribution in [3.63, 3.8) is 0 Å². The van der Waals surface area contributed by atoms with Gasteiger partial charge >= 0.3 is 12.0 Å². The predicted octanol–water partition coefficient (Wildman–Crippen LogP) is 3.40. The molecule has 3 rings (SSSR count). The summed E-state index contributed by atoms with van der Waals surface area (Å²) in [4.78, 5) is 24.5. The fourth-order valence-electron chi connectivity index (χ4n) is 3.07. The highest BCUT2D eigenvalue weighted by Crippen LogP contribution is 2.30. The van der Waals surface area contributed by atoms with Crippen LogP contribution in [0.5, 0.6) is 0 Å². The Hall–Kier alpha value is -3.05. The third-order valence-electron chi connectivity index (χ3n) is 4.51. The molecule has 1 aliphatic heterocycles. The summed E-state index contributed by atoms with van der Waals surface area (Å²) in [7, 11) is -4.22. The number of halogens is 4. The first kappa shape index (κ1) is 23.6. The van der Waals surface area contributed by atoms with E-state index in [4.69, 9.17) is 16.3 Å². The van der Waals surface area contributed by atoms with Gasteiger partial charge in [-0.2, -0.15) is 0 Å². The van der Waals surface area contributed by atoms with Crippen molar-refractivity contribution in [3.05, 3.63) is 75.7 Å². The number of esters is 1. The van der Waals surface area contributed by atoms with Crippen molar-refractivity contribution in [2.75, 3.05) is 12.4 Å². The van der Waals surface area contributed by atoms with Crippen LogP contribution in [-0.4, -0.2) is 32.8 Å². The minimum atomic E-state index is -4.22. The quantitative estimate of drug-likeness (QED) is 0.479. The molecule has 1 heterocycles. The molecule has 0 radical (unpaired) electrons. The van der Waals surface area contributed by atoms with Gasteiger partial charge in [-0.05, 0) is 42.8 Å². The standard InChI is InChI=1S/C20H16ClF3N2O5S/c1-2-31-19(27)17-16(9-32(29,30)11-4-6-13(22)12(21)8-11)25-20(28)26-18(17)10-3-5-14(23)15(24)7-10/h3-8,18H,2,9H2,1H3,(H2,25,26,28)/t18-/m0/s1. The number of carbonyl (C=O) groups is 2. The minimum Gasteiger partial charge on any atom is -0.463 e. The number of urea groups is 1. The summed E-state index contributed by atoms with van der Waals surface area (Å²) in [6, 6.07) is 3.26. The van der Waals surface area contributed by atoms with Crippen molar-refractivity contribution in [2.45, 2.75) is 17.9 Å². The maximum absolute atomic E-state index is 13.8. The van der Waals surface area contributed by atoms with E-state index in [1.54, 1.807) is 0 Å². The normalized spacial score (nSPS) is 16.4. The lowest BCUT2D eigenvalue weighted by molar-refractivity contribution is -0.139. The van der Waals surface area contributed by atoms with E-state index in [0.29, 0.717) is 0 Å². The molecule has 2 aromatic rings. The second kappa shape index (κ2) is 9.21. The van der Waals surface area contributed by atoms with Gasteiger partial charge in [-0.3, -0.25) is 0 Å². The van der Waals surface area contributed by atoms with Crippen molar-refractivity contribution >= 4 is 33.4 Å². The number of sulfone groups is 1. The first-order valence-corrected chi connectivity index (χ1v) is 11.2. The molecule has 0 fully saturated rings. The molecule has 32 heavy (non-hydrogen) atoms. The Morgan fingerprint density at radius 2 is 1.78 bits per heavy atom. The molecule has 7 nitrogen and oxygen atoms in total. The van der Waals surface area contributed by atoms with E-state index in [-0.39, 0.29) is 28.3 Å². The average molecular weight is 489 g/mol. The van der Waals surface area contributed by atoms with Gasteiger partial charge in [-0.1, -0.05) is 17.7 Å². The predicted molar refractivity (Wildman–Crippen MR) is 108 cm³/mol. The molecule has 2 aromatic carbocycles. The molecule has 0 saturated carbocycles. The molecule has 0 bridgehead atoms. The maximum Gasteiger partial charge on any atom is 0.338 e. The van der Waals surface area contributed by atoms with Crippen LogP contribution in [0.1, 0.15) is 18.5 Å². The van der Waals surface area contributed by atoms with Gasteiger partial charge in [0, 0.05) is 5.70 Å². The van der Waals surface area contributed by atoms with E-state index in [1.165, 1.54) is 6.92 Å². The Kier molecular flexibility index (Phi) is 6.79. The number of nitrogens with one attached hydrogen (secondary N) is 2. The highest BCUT2D eigenvalue weighted by molar-refractivity contribution is 7.91. The first-order chi connectivity index (χ1) is 15.0. The van der Waals surface area contributed by atoms with Gasteiger partial charge in [0.1, 0.15) is 5.82 Å². The molecule has 1 atom stereocenters. The molecule has 0 unspecified atom stereocenters. The number of hydrogen-bond donors (Lipinski definition) is 2. The summed E-state index contributed by atoms with van der Waals surface area (Å²) in [6.07, 6.45) is 0. The summed E-state index contributed by atoms with van der Waals surface area (Å²) in [5.41, 5.74) is -0.654. The van der Waals surface area contributed by atoms with Gasteiger partial charge in [-0.15, -0.1) is 0 Å². The summed E-state index contributed by atoms with van der Waals surface area (Å²) in [6.45, 7) is 1.44. The number of ether oxygens (including phenoxy) is 1. The van der Waals surface area contributed by atoms with Crippen molar-refractivity contribution in [3.8, 4) is 0 Å². The van der Waals surface area contributed by atoms with Crippen LogP contribution in [0.15, 0.2) is 52.6 Å². The molecule has 0 aliphatic carbocycles. The van der Waals surface area contributed by atoms with Crippen LogP contribution in [0.4, 0.5) is 18.0 Å². The lowest BCUT2D eigenvalue weighted by atomic mass is 9.95. The van der Waals surface area contributed by atoms with Crippen LogP contribution in [0, 0.1) is 17.5 Å². The highest BCUT2D eigenvalue weighted by Gasteiger charge is 2.36. The van der Waals surface area contributed by atoms with Gasteiger partial charge in [-0.25, -0.2) is 31.2 Å². The molecule has 0 aromatic heterocycles. The van der Waals surface area contributed by atoms with E-state index in [0.717, 1.165) is 36.4 Å². The van der Waals surface area contributed by atoms with Crippen molar-refractivity contribution in [1.29, 1.82) is 0 Å². The monoisotopic (exact) mass is 488 g/mol. The maximum atomic E-state index is 13.8. The van der Waals surface area contributed by atoms with Crippen molar-refractivity contribution < 1.29 is 35.9 Å². The Bertz CT molecular complexity index is 1230. The summed E-state index contributed by atoms with van der Waals surface area (Å²) >= 11 is 5.67. The van der Waals surface area contributed by atoms with Crippen LogP contribution in [-0.2, 0) is 19.4 Å². The van der Waals surface area contributed by atoms with Gasteiger partial charge < -0.3 is 15.4 Å². The van der Waals surface area contributed by atoms with Crippen LogP contribution < -0.4 is 10.6 Å². The topological polar surface area (TPSA) is 102 Å². The minimum absolute atomic E-state index is 0.0125. The summed E-state index contributed by atoms with van der Waals surface area (Å²) in [5.74, 6) is -5.06. The molecule has 0 saturated heterocycles. The number of carbonyl (C=O) groups excluding carboxylic acids is 2. The van der Waals surface area contributed by atoms with Crippen molar-refractivity contribution in [2.24, 2.45) is 0 Å². The zero-order chi connectivity index (χ0) is 23.6. The molecule has 2 amide bonds. The van der Waals surface area contributed by atoms with Gasteiger partial charge in [0.15, 0.2) is 21.5 Å². The average Bonchev–Trinajstić information content (AvgIpc) is 2.71. The lowest BCUT2D eigenvalue weighted by Gasteiger charge is -2.29. The smallest absolute Gasteiger partial charge is 0.338 e. The van der Waals surface area contributed by atoms with E-state index in [2.05, 4.69) is 10.6 Å². The molecular weight excluding hydrogens is 473 g/mol. The largest absolute Gasteiger partial charge is 0.463 e. The summed E-state index contributed by atoms with van der Waals surface area (Å²) in [5, 5.41) is 4.20. The molecule has 2 N–H and O–H groups in total. The number of amides is 2. The second-order valence-electron chi connectivity index (χ2n) is 6.65. The van der Waals surface area contributed by atoms with E-state index in [9.17, 15) is 31.2 Å². The third-order valence-corrected chi connectivity index (χ3v) is 6.44. The van der Waals surface area contributed by atoms with E-state index in [1.807, 2.05) is 0 Å².